The third-order valence-electron chi connectivity index (χ3n) is 4.27. The predicted octanol–water partition coefficient (Wildman–Crippen LogP) is 0.858. The quantitative estimate of drug-likeness (QED) is 0.552. The van der Waals surface area contributed by atoms with Crippen molar-refractivity contribution in [3.8, 4) is 5.75 Å². The van der Waals surface area contributed by atoms with Crippen molar-refractivity contribution in [3.05, 3.63) is 29.8 Å². The molecular formula is C19H26N2O6S. The molecule has 1 unspecified atom stereocenters. The molecule has 0 aliphatic carbocycles. The normalized spacial score (nSPS) is 17.7. The summed E-state index contributed by atoms with van der Waals surface area (Å²) in [5.41, 5.74) is 0.497. The van der Waals surface area contributed by atoms with E-state index in [0.29, 0.717) is 24.3 Å². The number of nitrogens with one attached hydrogen (secondary N) is 2. The lowest BCUT2D eigenvalue weighted by Crippen LogP contribution is -2.42. The summed E-state index contributed by atoms with van der Waals surface area (Å²) in [6.07, 6.45) is 1.29. The summed E-state index contributed by atoms with van der Waals surface area (Å²) < 4.78 is 28.2. The summed E-state index contributed by atoms with van der Waals surface area (Å²) in [5, 5.41) is 5.03. The second kappa shape index (κ2) is 10.2. The Hall–Kier alpha value is -2.42. The lowest BCUT2D eigenvalue weighted by molar-refractivity contribution is -0.126. The molecule has 1 aromatic carbocycles. The summed E-state index contributed by atoms with van der Waals surface area (Å²) in [6.45, 7) is 2.37. The zero-order valence-electron chi connectivity index (χ0n) is 15.9. The number of ketones is 1. The first-order valence-corrected chi connectivity index (χ1v) is 11.1. The van der Waals surface area contributed by atoms with E-state index in [4.69, 9.17) is 4.74 Å². The maximum absolute atomic E-state index is 12.1. The van der Waals surface area contributed by atoms with Crippen LogP contribution in [0.1, 0.15) is 43.0 Å². The lowest BCUT2D eigenvalue weighted by atomic mass is 10.1. The molecule has 0 bridgehead atoms. The lowest BCUT2D eigenvalue weighted by Gasteiger charge is -2.11. The molecule has 9 heteroatoms. The molecule has 28 heavy (non-hydrogen) atoms. The van der Waals surface area contributed by atoms with E-state index in [-0.39, 0.29) is 36.7 Å². The Morgan fingerprint density at radius 2 is 1.82 bits per heavy atom. The first kappa shape index (κ1) is 21.9. The van der Waals surface area contributed by atoms with Crippen molar-refractivity contribution in [2.24, 2.45) is 0 Å². The molecule has 1 aliphatic heterocycles. The van der Waals surface area contributed by atoms with Gasteiger partial charge in [-0.25, -0.2) is 8.42 Å². The highest BCUT2D eigenvalue weighted by Gasteiger charge is 2.28. The highest BCUT2D eigenvalue weighted by molar-refractivity contribution is 7.91. The fourth-order valence-electron chi connectivity index (χ4n) is 2.78. The van der Waals surface area contributed by atoms with Crippen LogP contribution in [-0.4, -0.2) is 56.7 Å². The van der Waals surface area contributed by atoms with Gasteiger partial charge in [0.1, 0.15) is 5.75 Å². The Bertz CT molecular complexity index is 804. The molecule has 1 aromatic rings. The number of rotatable bonds is 10. The molecule has 1 atom stereocenters. The van der Waals surface area contributed by atoms with E-state index >= 15 is 0 Å². The van der Waals surface area contributed by atoms with Gasteiger partial charge in [0, 0.05) is 24.4 Å². The molecule has 8 nitrogen and oxygen atoms in total. The van der Waals surface area contributed by atoms with E-state index in [1.54, 1.807) is 24.3 Å². The van der Waals surface area contributed by atoms with Gasteiger partial charge in [0.25, 0.3) is 0 Å². The van der Waals surface area contributed by atoms with Crippen LogP contribution in [0.5, 0.6) is 5.75 Å². The first-order valence-electron chi connectivity index (χ1n) is 9.31. The van der Waals surface area contributed by atoms with Gasteiger partial charge < -0.3 is 15.4 Å². The van der Waals surface area contributed by atoms with Gasteiger partial charge in [-0.2, -0.15) is 0 Å². The molecular weight excluding hydrogens is 384 g/mol. The average Bonchev–Trinajstić information content (AvgIpc) is 3.01. The zero-order valence-corrected chi connectivity index (χ0v) is 16.7. The van der Waals surface area contributed by atoms with Crippen LogP contribution in [0.2, 0.25) is 0 Å². The Morgan fingerprint density at radius 1 is 1.11 bits per heavy atom. The Labute approximate surface area is 164 Å². The van der Waals surface area contributed by atoms with E-state index in [0.717, 1.165) is 6.42 Å². The SMILES string of the molecule is CCCOc1ccc(C(=O)CCC(=O)NCC(=O)NC2CCS(=O)(=O)C2)cc1. The van der Waals surface area contributed by atoms with Gasteiger partial charge in [-0.3, -0.25) is 14.4 Å². The highest BCUT2D eigenvalue weighted by atomic mass is 32.2. The fraction of sp³-hybridized carbons (Fsp3) is 0.526. The predicted molar refractivity (Wildman–Crippen MR) is 104 cm³/mol. The second-order valence-electron chi connectivity index (χ2n) is 6.74. The average molecular weight is 410 g/mol. The standard InChI is InChI=1S/C19H26N2O6S/c1-2-10-27-16-5-3-14(4-6-16)17(22)7-8-18(23)20-12-19(24)21-15-9-11-28(25,26)13-15/h3-6,15H,2,7-13H2,1H3,(H,20,23)(H,21,24). The van der Waals surface area contributed by atoms with Crippen LogP contribution in [0, 0.1) is 0 Å². The number of amides is 2. The van der Waals surface area contributed by atoms with Gasteiger partial charge in [-0.05, 0) is 37.1 Å². The van der Waals surface area contributed by atoms with Gasteiger partial charge in [0.05, 0.1) is 24.7 Å². The van der Waals surface area contributed by atoms with E-state index < -0.39 is 27.7 Å². The molecule has 1 fully saturated rings. The van der Waals surface area contributed by atoms with Crippen LogP contribution in [-0.2, 0) is 19.4 Å². The van der Waals surface area contributed by atoms with Crippen molar-refractivity contribution < 1.29 is 27.5 Å². The van der Waals surface area contributed by atoms with E-state index in [1.165, 1.54) is 0 Å². The summed E-state index contributed by atoms with van der Waals surface area (Å²) in [4.78, 5) is 35.8. The molecule has 0 saturated carbocycles. The van der Waals surface area contributed by atoms with Crippen LogP contribution in [0.4, 0.5) is 0 Å². The smallest absolute Gasteiger partial charge is 0.239 e. The molecule has 154 valence electrons. The third kappa shape index (κ3) is 7.30. The second-order valence-corrected chi connectivity index (χ2v) is 8.97. The van der Waals surface area contributed by atoms with Gasteiger partial charge in [0.2, 0.25) is 11.8 Å². The molecule has 1 saturated heterocycles. The van der Waals surface area contributed by atoms with Crippen molar-refractivity contribution in [1.29, 1.82) is 0 Å². The fourth-order valence-corrected chi connectivity index (χ4v) is 4.46. The summed E-state index contributed by atoms with van der Waals surface area (Å²) in [7, 11) is -3.07. The number of carbonyl (C=O) groups is 3. The number of benzene rings is 1. The maximum Gasteiger partial charge on any atom is 0.239 e. The van der Waals surface area contributed by atoms with Crippen LogP contribution < -0.4 is 15.4 Å². The number of ether oxygens (including phenoxy) is 1. The van der Waals surface area contributed by atoms with Gasteiger partial charge in [-0.1, -0.05) is 6.92 Å². The minimum absolute atomic E-state index is 0.0298. The van der Waals surface area contributed by atoms with Crippen molar-refractivity contribution >= 4 is 27.4 Å². The Kier molecular flexibility index (Phi) is 7.98. The molecule has 0 radical (unpaired) electrons. The number of hydrogen-bond donors (Lipinski definition) is 2. The first-order chi connectivity index (χ1) is 13.3. The number of Topliss-reactive ketones (excluding diaryl/α,β-unsaturated/α-hetero) is 1. The summed E-state index contributed by atoms with van der Waals surface area (Å²) >= 11 is 0. The van der Waals surface area contributed by atoms with Crippen molar-refractivity contribution in [2.75, 3.05) is 24.7 Å². The molecule has 0 aromatic heterocycles. The topological polar surface area (TPSA) is 119 Å². The van der Waals surface area contributed by atoms with Gasteiger partial charge in [0.15, 0.2) is 15.6 Å². The molecule has 1 aliphatic rings. The summed E-state index contributed by atoms with van der Waals surface area (Å²) in [6, 6.07) is 6.36. The zero-order chi connectivity index (χ0) is 20.6. The summed E-state index contributed by atoms with van der Waals surface area (Å²) in [5.74, 6) is -0.327. The van der Waals surface area contributed by atoms with Crippen LogP contribution in [0.25, 0.3) is 0 Å². The molecule has 2 N–H and O–H groups in total. The molecule has 0 spiro atoms. The van der Waals surface area contributed by atoms with Crippen molar-refractivity contribution in [1.82, 2.24) is 10.6 Å². The molecule has 1 heterocycles. The van der Waals surface area contributed by atoms with Gasteiger partial charge >= 0.3 is 0 Å². The number of carbonyl (C=O) groups excluding carboxylic acids is 3. The Balaban J connectivity index is 1.67. The minimum atomic E-state index is -3.07. The largest absolute Gasteiger partial charge is 0.494 e. The van der Waals surface area contributed by atoms with E-state index in [9.17, 15) is 22.8 Å². The number of hydrogen-bond acceptors (Lipinski definition) is 6. The van der Waals surface area contributed by atoms with E-state index in [1.807, 2.05) is 6.92 Å². The van der Waals surface area contributed by atoms with Crippen LogP contribution in [0.15, 0.2) is 24.3 Å². The van der Waals surface area contributed by atoms with Crippen molar-refractivity contribution in [2.45, 2.75) is 38.6 Å². The highest BCUT2D eigenvalue weighted by Crippen LogP contribution is 2.14. The molecule has 2 amide bonds. The third-order valence-corrected chi connectivity index (χ3v) is 6.04. The van der Waals surface area contributed by atoms with Crippen LogP contribution >= 0.6 is 0 Å². The molecule has 2 rings (SSSR count). The monoisotopic (exact) mass is 410 g/mol. The maximum atomic E-state index is 12.1. The van der Waals surface area contributed by atoms with Crippen LogP contribution in [0.3, 0.4) is 0 Å². The minimum Gasteiger partial charge on any atom is -0.494 e. The number of sulfone groups is 1. The Morgan fingerprint density at radius 3 is 2.43 bits per heavy atom. The van der Waals surface area contributed by atoms with Crippen molar-refractivity contribution in [3.63, 3.8) is 0 Å². The van der Waals surface area contributed by atoms with E-state index in [2.05, 4.69) is 10.6 Å². The van der Waals surface area contributed by atoms with Gasteiger partial charge in [-0.15, -0.1) is 0 Å².